The molecule has 0 bridgehead atoms. The van der Waals surface area contributed by atoms with E-state index in [9.17, 15) is 4.79 Å². The second-order valence-electron chi connectivity index (χ2n) is 7.51. The Labute approximate surface area is 196 Å². The van der Waals surface area contributed by atoms with Gasteiger partial charge in [-0.25, -0.2) is 4.98 Å². The number of carbonyl (C=O) groups is 1. The van der Waals surface area contributed by atoms with Gasteiger partial charge in [0, 0.05) is 49.6 Å². The quantitative estimate of drug-likeness (QED) is 0.473. The number of para-hydroxylation sites is 2. The van der Waals surface area contributed by atoms with Gasteiger partial charge >= 0.3 is 6.01 Å². The number of piperazine rings is 1. The Balaban J connectivity index is 0.00000245. The van der Waals surface area contributed by atoms with Crippen LogP contribution >= 0.6 is 24.0 Å². The third-order valence-corrected chi connectivity index (χ3v) is 5.75. The van der Waals surface area contributed by atoms with Crippen LogP contribution in [0.3, 0.4) is 0 Å². The molecule has 4 aromatic rings. The number of rotatable bonds is 5. The van der Waals surface area contributed by atoms with Gasteiger partial charge in [-0.05, 0) is 24.3 Å². The Bertz CT molecular complexity index is 1210. The molecular weight excluding hydrogens is 449 g/mol. The lowest BCUT2D eigenvalue weighted by atomic mass is 10.1. The fourth-order valence-corrected chi connectivity index (χ4v) is 3.98. The maximum absolute atomic E-state index is 12.7. The Morgan fingerprint density at radius 1 is 1.09 bits per heavy atom. The zero-order chi connectivity index (χ0) is 21.2. The summed E-state index contributed by atoms with van der Waals surface area (Å²) in [5, 5.41) is 3.93. The number of halogens is 2. The van der Waals surface area contributed by atoms with E-state index < -0.39 is 0 Å². The number of imidazole rings is 1. The van der Waals surface area contributed by atoms with Gasteiger partial charge in [-0.15, -0.1) is 12.4 Å². The van der Waals surface area contributed by atoms with E-state index >= 15 is 0 Å². The normalized spacial score (nSPS) is 13.8. The second-order valence-corrected chi connectivity index (χ2v) is 7.95. The highest BCUT2D eigenvalue weighted by atomic mass is 35.5. The van der Waals surface area contributed by atoms with Gasteiger partial charge in [0.15, 0.2) is 0 Å². The Hall–Kier alpha value is -2.87. The van der Waals surface area contributed by atoms with E-state index in [1.54, 1.807) is 6.33 Å². The molecule has 166 valence electrons. The third-order valence-electron chi connectivity index (χ3n) is 5.50. The maximum atomic E-state index is 12.7. The lowest BCUT2D eigenvalue weighted by Gasteiger charge is -2.27. The van der Waals surface area contributed by atoms with Crippen LogP contribution in [-0.2, 0) is 11.2 Å². The second kappa shape index (κ2) is 9.73. The number of fused-ring (bicyclic) bond motifs is 1. The van der Waals surface area contributed by atoms with Gasteiger partial charge in [0.2, 0.25) is 5.91 Å². The fourth-order valence-electron chi connectivity index (χ4n) is 3.85. The molecule has 7 nitrogen and oxygen atoms in total. The van der Waals surface area contributed by atoms with Gasteiger partial charge in [-0.2, -0.15) is 4.98 Å². The number of carbonyl (C=O) groups excluding carboxylic acids is 1. The first kappa shape index (κ1) is 22.3. The predicted octanol–water partition coefficient (Wildman–Crippen LogP) is 4.12. The number of amides is 1. The van der Waals surface area contributed by atoms with Gasteiger partial charge < -0.3 is 14.6 Å². The molecule has 2 aromatic carbocycles. The number of benzene rings is 2. The average molecular weight is 472 g/mol. The highest BCUT2D eigenvalue weighted by Crippen LogP contribution is 2.29. The molecule has 1 aliphatic rings. The molecule has 1 saturated heterocycles. The van der Waals surface area contributed by atoms with Crippen LogP contribution in [0.2, 0.25) is 5.02 Å². The Morgan fingerprint density at radius 3 is 2.62 bits per heavy atom. The van der Waals surface area contributed by atoms with Crippen molar-refractivity contribution >= 4 is 40.9 Å². The lowest BCUT2D eigenvalue weighted by Crippen LogP contribution is -2.46. The smallest absolute Gasteiger partial charge is 0.308 e. The average Bonchev–Trinajstić information content (AvgIpc) is 3.43. The highest BCUT2D eigenvalue weighted by Gasteiger charge is 2.21. The molecule has 1 amide bonds. The van der Waals surface area contributed by atoms with Gasteiger partial charge in [0.05, 0.1) is 11.0 Å². The summed E-state index contributed by atoms with van der Waals surface area (Å²) < 4.78 is 8.02. The van der Waals surface area contributed by atoms with Crippen molar-refractivity contribution in [2.75, 3.05) is 26.2 Å². The van der Waals surface area contributed by atoms with Gasteiger partial charge in [-0.3, -0.25) is 9.36 Å². The molecule has 0 saturated carbocycles. The Morgan fingerprint density at radius 2 is 1.84 bits per heavy atom. The van der Waals surface area contributed by atoms with E-state index in [1.807, 2.05) is 58.0 Å². The number of aryl methyl sites for hydroxylation is 1. The summed E-state index contributed by atoms with van der Waals surface area (Å²) in [6.07, 6.45) is 2.55. The summed E-state index contributed by atoms with van der Waals surface area (Å²) in [7, 11) is 0. The van der Waals surface area contributed by atoms with E-state index in [4.69, 9.17) is 21.0 Å². The molecule has 0 atom stereocenters. The van der Waals surface area contributed by atoms with E-state index in [2.05, 4.69) is 10.3 Å². The summed E-state index contributed by atoms with van der Waals surface area (Å²) in [6.45, 7) is 3.15. The molecule has 0 radical (unpaired) electrons. The number of nitrogens with one attached hydrogen (secondary N) is 1. The van der Waals surface area contributed by atoms with Gasteiger partial charge in [0.25, 0.3) is 0 Å². The minimum Gasteiger partial charge on any atom is -0.427 e. The topological polar surface area (TPSA) is 76.2 Å². The minimum atomic E-state index is 0. The molecule has 5 rings (SSSR count). The number of hydrogen-bond acceptors (Lipinski definition) is 5. The number of aromatic nitrogens is 3. The van der Waals surface area contributed by atoms with E-state index in [-0.39, 0.29) is 18.3 Å². The Kier molecular flexibility index (Phi) is 6.79. The summed E-state index contributed by atoms with van der Waals surface area (Å²) in [6, 6.07) is 15.7. The highest BCUT2D eigenvalue weighted by molar-refractivity contribution is 6.30. The minimum absolute atomic E-state index is 0. The molecule has 32 heavy (non-hydrogen) atoms. The SMILES string of the molecule is Cl.O=C(CCc1oc(-n2cnc3ccccc32)nc1-c1ccc(Cl)cc1)N1CCNCC1. The molecule has 0 unspecified atom stereocenters. The number of hydrogen-bond donors (Lipinski definition) is 1. The first-order valence-corrected chi connectivity index (χ1v) is 10.7. The van der Waals surface area contributed by atoms with Crippen molar-refractivity contribution < 1.29 is 9.21 Å². The van der Waals surface area contributed by atoms with E-state index in [0.29, 0.717) is 29.6 Å². The standard InChI is InChI=1S/C23H22ClN5O2.ClH/c24-17-7-5-16(6-8-17)22-20(9-10-21(30)28-13-11-25-12-14-28)31-23(27-22)29-15-26-18-3-1-2-4-19(18)29;/h1-8,15,25H,9-14H2;1H. The summed E-state index contributed by atoms with van der Waals surface area (Å²) >= 11 is 6.07. The summed E-state index contributed by atoms with van der Waals surface area (Å²) in [4.78, 5) is 23.8. The molecule has 1 fully saturated rings. The first-order chi connectivity index (χ1) is 15.2. The lowest BCUT2D eigenvalue weighted by molar-refractivity contribution is -0.131. The van der Waals surface area contributed by atoms with Crippen molar-refractivity contribution in [3.63, 3.8) is 0 Å². The number of oxazole rings is 1. The molecule has 1 aliphatic heterocycles. The van der Waals surface area contributed by atoms with Crippen molar-refractivity contribution in [1.82, 2.24) is 24.8 Å². The van der Waals surface area contributed by atoms with Crippen molar-refractivity contribution in [3.8, 4) is 17.3 Å². The third kappa shape index (κ3) is 4.50. The molecule has 2 aromatic heterocycles. The summed E-state index contributed by atoms with van der Waals surface area (Å²) in [5.74, 6) is 0.813. The van der Waals surface area contributed by atoms with Crippen LogP contribution in [0.4, 0.5) is 0 Å². The van der Waals surface area contributed by atoms with Crippen molar-refractivity contribution in [2.45, 2.75) is 12.8 Å². The van der Waals surface area contributed by atoms with Crippen molar-refractivity contribution in [1.29, 1.82) is 0 Å². The number of nitrogens with zero attached hydrogens (tertiary/aromatic N) is 4. The van der Waals surface area contributed by atoms with Crippen LogP contribution in [-0.4, -0.2) is 51.5 Å². The monoisotopic (exact) mass is 471 g/mol. The van der Waals surface area contributed by atoms with Gasteiger partial charge in [0.1, 0.15) is 17.8 Å². The van der Waals surface area contributed by atoms with Gasteiger partial charge in [-0.1, -0.05) is 35.9 Å². The van der Waals surface area contributed by atoms with Crippen molar-refractivity contribution in [2.24, 2.45) is 0 Å². The molecule has 0 aliphatic carbocycles. The maximum Gasteiger partial charge on any atom is 0.308 e. The molecule has 3 heterocycles. The molecular formula is C23H23Cl2N5O2. The van der Waals surface area contributed by atoms with E-state index in [0.717, 1.165) is 48.5 Å². The summed E-state index contributed by atoms with van der Waals surface area (Å²) in [5.41, 5.74) is 3.39. The first-order valence-electron chi connectivity index (χ1n) is 10.4. The largest absolute Gasteiger partial charge is 0.427 e. The molecule has 0 spiro atoms. The zero-order valence-electron chi connectivity index (χ0n) is 17.3. The van der Waals surface area contributed by atoms with Crippen molar-refractivity contribution in [3.05, 3.63) is 65.6 Å². The predicted molar refractivity (Wildman–Crippen MR) is 127 cm³/mol. The zero-order valence-corrected chi connectivity index (χ0v) is 18.9. The molecule has 1 N–H and O–H groups in total. The van der Waals surface area contributed by atoms with Crippen LogP contribution in [0, 0.1) is 0 Å². The van der Waals surface area contributed by atoms with Crippen LogP contribution in [0.1, 0.15) is 12.2 Å². The van der Waals surface area contributed by atoms with E-state index in [1.165, 1.54) is 0 Å². The van der Waals surface area contributed by atoms with Crippen LogP contribution in [0.25, 0.3) is 28.3 Å². The van der Waals surface area contributed by atoms with Crippen LogP contribution in [0.15, 0.2) is 59.3 Å². The fraction of sp³-hybridized carbons (Fsp3) is 0.261. The van der Waals surface area contributed by atoms with Crippen LogP contribution in [0.5, 0.6) is 0 Å². The van der Waals surface area contributed by atoms with Crippen LogP contribution < -0.4 is 5.32 Å². The molecule has 9 heteroatoms.